The van der Waals surface area contributed by atoms with Crippen molar-refractivity contribution in [1.82, 2.24) is 5.32 Å². The Bertz CT molecular complexity index is 334. The fourth-order valence-electron chi connectivity index (χ4n) is 2.04. The van der Waals surface area contributed by atoms with Gasteiger partial charge in [-0.05, 0) is 36.1 Å². The first-order valence-corrected chi connectivity index (χ1v) is 5.53. The molecule has 1 atom stereocenters. The normalized spacial score (nSPS) is 20.5. The van der Waals surface area contributed by atoms with Crippen LogP contribution in [0.3, 0.4) is 0 Å². The zero-order valence-electron chi connectivity index (χ0n) is 9.00. The Morgan fingerprint density at radius 3 is 2.67 bits per heavy atom. The molecule has 1 fully saturated rings. The van der Waals surface area contributed by atoms with Gasteiger partial charge >= 0.3 is 0 Å². The van der Waals surface area contributed by atoms with Crippen LogP contribution in [0.15, 0.2) is 30.8 Å². The summed E-state index contributed by atoms with van der Waals surface area (Å²) in [5, 5.41) is 3.46. The third-order valence-electron chi connectivity index (χ3n) is 3.04. The lowest BCUT2D eigenvalue weighted by Crippen LogP contribution is -2.22. The molecule has 1 aromatic rings. The fourth-order valence-corrected chi connectivity index (χ4v) is 2.04. The Morgan fingerprint density at radius 2 is 2.13 bits per heavy atom. The van der Waals surface area contributed by atoms with Gasteiger partial charge in [-0.1, -0.05) is 30.8 Å². The summed E-state index contributed by atoms with van der Waals surface area (Å²) in [6.07, 6.45) is 2.46. The first-order chi connectivity index (χ1) is 7.31. The topological polar surface area (TPSA) is 38.0 Å². The molecule has 1 saturated heterocycles. The van der Waals surface area contributed by atoms with E-state index in [0.717, 1.165) is 6.54 Å². The second kappa shape index (κ2) is 4.60. The minimum Gasteiger partial charge on any atom is -0.326 e. The third kappa shape index (κ3) is 2.28. The van der Waals surface area contributed by atoms with Gasteiger partial charge in [-0.3, -0.25) is 0 Å². The quantitative estimate of drug-likeness (QED) is 0.785. The molecule has 0 saturated carbocycles. The van der Waals surface area contributed by atoms with Crippen LogP contribution in [0.25, 0.3) is 5.57 Å². The Balaban J connectivity index is 2.11. The van der Waals surface area contributed by atoms with Gasteiger partial charge in [-0.15, -0.1) is 0 Å². The standard InChI is InChI=1S/C13H18N2/c1-10(13-3-2-8-15-13)12-6-4-11(9-14)5-7-12/h4-7,13,15H,1-3,8-9,14H2. The molecule has 0 aromatic heterocycles. The summed E-state index contributed by atoms with van der Waals surface area (Å²) in [4.78, 5) is 0. The van der Waals surface area contributed by atoms with Gasteiger partial charge in [0.15, 0.2) is 0 Å². The maximum atomic E-state index is 5.56. The molecule has 2 nitrogen and oxygen atoms in total. The highest BCUT2D eigenvalue weighted by Gasteiger charge is 2.17. The van der Waals surface area contributed by atoms with Crippen molar-refractivity contribution in [3.63, 3.8) is 0 Å². The average molecular weight is 202 g/mol. The van der Waals surface area contributed by atoms with E-state index >= 15 is 0 Å². The lowest BCUT2D eigenvalue weighted by atomic mass is 9.98. The van der Waals surface area contributed by atoms with Gasteiger partial charge < -0.3 is 11.1 Å². The fraction of sp³-hybridized carbons (Fsp3) is 0.385. The summed E-state index contributed by atoms with van der Waals surface area (Å²) < 4.78 is 0. The van der Waals surface area contributed by atoms with E-state index < -0.39 is 0 Å². The van der Waals surface area contributed by atoms with Gasteiger partial charge in [0, 0.05) is 12.6 Å². The molecule has 1 aliphatic heterocycles. The van der Waals surface area contributed by atoms with Crippen molar-refractivity contribution in [3.8, 4) is 0 Å². The van der Waals surface area contributed by atoms with Crippen molar-refractivity contribution < 1.29 is 0 Å². The van der Waals surface area contributed by atoms with Gasteiger partial charge in [0.2, 0.25) is 0 Å². The molecule has 0 aliphatic carbocycles. The van der Waals surface area contributed by atoms with E-state index in [-0.39, 0.29) is 0 Å². The summed E-state index contributed by atoms with van der Waals surface area (Å²) in [7, 11) is 0. The molecule has 1 aliphatic rings. The predicted octanol–water partition coefficient (Wildman–Crippen LogP) is 1.91. The summed E-state index contributed by atoms with van der Waals surface area (Å²) in [5.41, 5.74) is 9.17. The second-order valence-electron chi connectivity index (χ2n) is 4.08. The molecule has 1 aromatic carbocycles. The Morgan fingerprint density at radius 1 is 1.40 bits per heavy atom. The predicted molar refractivity (Wildman–Crippen MR) is 64.4 cm³/mol. The maximum absolute atomic E-state index is 5.56. The first kappa shape index (κ1) is 10.4. The van der Waals surface area contributed by atoms with Gasteiger partial charge in [-0.2, -0.15) is 0 Å². The van der Waals surface area contributed by atoms with Crippen molar-refractivity contribution in [2.75, 3.05) is 6.54 Å². The van der Waals surface area contributed by atoms with E-state index in [4.69, 9.17) is 5.73 Å². The largest absolute Gasteiger partial charge is 0.326 e. The zero-order chi connectivity index (χ0) is 10.7. The number of hydrogen-bond acceptors (Lipinski definition) is 2. The molecular formula is C13H18N2. The smallest absolute Gasteiger partial charge is 0.0320 e. The van der Waals surface area contributed by atoms with Crippen molar-refractivity contribution >= 4 is 5.57 Å². The molecule has 0 spiro atoms. The van der Waals surface area contributed by atoms with Crippen LogP contribution in [-0.2, 0) is 6.54 Å². The van der Waals surface area contributed by atoms with Gasteiger partial charge in [0.05, 0.1) is 0 Å². The van der Waals surface area contributed by atoms with Crippen LogP contribution in [0.5, 0.6) is 0 Å². The highest BCUT2D eigenvalue weighted by molar-refractivity contribution is 5.67. The molecule has 80 valence electrons. The highest BCUT2D eigenvalue weighted by atomic mass is 14.9. The van der Waals surface area contributed by atoms with Crippen LogP contribution in [0.2, 0.25) is 0 Å². The number of hydrogen-bond donors (Lipinski definition) is 2. The lowest BCUT2D eigenvalue weighted by molar-refractivity contribution is 0.745. The SMILES string of the molecule is C=C(c1ccc(CN)cc1)C1CCCN1. The highest BCUT2D eigenvalue weighted by Crippen LogP contribution is 2.22. The van der Waals surface area contributed by atoms with Crippen LogP contribution in [0, 0.1) is 0 Å². The summed E-state index contributed by atoms with van der Waals surface area (Å²) >= 11 is 0. The van der Waals surface area contributed by atoms with Crippen LogP contribution in [-0.4, -0.2) is 12.6 Å². The molecule has 0 bridgehead atoms. The molecule has 15 heavy (non-hydrogen) atoms. The van der Waals surface area contributed by atoms with E-state index in [1.807, 2.05) is 0 Å². The van der Waals surface area contributed by atoms with Crippen LogP contribution >= 0.6 is 0 Å². The molecule has 0 amide bonds. The molecule has 1 unspecified atom stereocenters. The summed E-state index contributed by atoms with van der Waals surface area (Å²) in [5.74, 6) is 0. The van der Waals surface area contributed by atoms with E-state index in [1.165, 1.54) is 29.5 Å². The van der Waals surface area contributed by atoms with Crippen molar-refractivity contribution in [2.24, 2.45) is 5.73 Å². The van der Waals surface area contributed by atoms with Crippen molar-refractivity contribution in [2.45, 2.75) is 25.4 Å². The van der Waals surface area contributed by atoms with Crippen LogP contribution < -0.4 is 11.1 Å². The van der Waals surface area contributed by atoms with Crippen molar-refractivity contribution in [1.29, 1.82) is 0 Å². The summed E-state index contributed by atoms with van der Waals surface area (Å²) in [6, 6.07) is 8.86. The number of nitrogens with two attached hydrogens (primary N) is 1. The lowest BCUT2D eigenvalue weighted by Gasteiger charge is -2.14. The van der Waals surface area contributed by atoms with E-state index in [2.05, 4.69) is 36.2 Å². The molecule has 2 heteroatoms. The molecule has 0 radical (unpaired) electrons. The molecular weight excluding hydrogens is 184 g/mol. The van der Waals surface area contributed by atoms with Crippen LogP contribution in [0.4, 0.5) is 0 Å². The van der Waals surface area contributed by atoms with Gasteiger partial charge in [-0.25, -0.2) is 0 Å². The molecule has 1 heterocycles. The second-order valence-corrected chi connectivity index (χ2v) is 4.08. The van der Waals surface area contributed by atoms with E-state index in [1.54, 1.807) is 0 Å². The minimum absolute atomic E-state index is 0.466. The van der Waals surface area contributed by atoms with E-state index in [0.29, 0.717) is 12.6 Å². The maximum Gasteiger partial charge on any atom is 0.0320 e. The average Bonchev–Trinajstić information content (AvgIpc) is 2.82. The van der Waals surface area contributed by atoms with Crippen LogP contribution in [0.1, 0.15) is 24.0 Å². The Hall–Kier alpha value is -1.12. The first-order valence-electron chi connectivity index (χ1n) is 5.53. The van der Waals surface area contributed by atoms with Gasteiger partial charge in [0.1, 0.15) is 0 Å². The Labute approximate surface area is 91.2 Å². The zero-order valence-corrected chi connectivity index (χ0v) is 9.00. The van der Waals surface area contributed by atoms with Gasteiger partial charge in [0.25, 0.3) is 0 Å². The Kier molecular flexibility index (Phi) is 3.19. The number of nitrogens with one attached hydrogen (secondary N) is 1. The monoisotopic (exact) mass is 202 g/mol. The number of benzene rings is 1. The summed E-state index contributed by atoms with van der Waals surface area (Å²) in [6.45, 7) is 5.89. The van der Waals surface area contributed by atoms with Crippen molar-refractivity contribution in [3.05, 3.63) is 42.0 Å². The minimum atomic E-state index is 0.466. The molecule has 3 N–H and O–H groups in total. The third-order valence-corrected chi connectivity index (χ3v) is 3.04. The van der Waals surface area contributed by atoms with E-state index in [9.17, 15) is 0 Å². The molecule has 2 rings (SSSR count). The number of rotatable bonds is 3.